The molecule has 1 aliphatic heterocycles. The zero-order chi connectivity index (χ0) is 23.4. The molecule has 1 aliphatic rings. The Kier molecular flexibility index (Phi) is 6.81. The molecule has 0 radical (unpaired) electrons. The molecule has 0 bridgehead atoms. The molecule has 2 heterocycles. The lowest BCUT2D eigenvalue weighted by molar-refractivity contribution is 0.120. The van der Waals surface area contributed by atoms with Crippen molar-refractivity contribution in [2.45, 2.75) is 25.4 Å². The fourth-order valence-electron chi connectivity index (χ4n) is 4.33. The number of benzene rings is 2. The van der Waals surface area contributed by atoms with Crippen LogP contribution in [0.25, 0.3) is 16.9 Å². The Labute approximate surface area is 192 Å². The van der Waals surface area contributed by atoms with E-state index in [0.717, 1.165) is 39.7 Å². The molecule has 2 aromatic carbocycles. The molecule has 0 unspecified atom stereocenters. The van der Waals surface area contributed by atoms with Crippen LogP contribution in [-0.2, 0) is 6.61 Å². The number of nitrogens with one attached hydrogen (secondary N) is 1. The van der Waals surface area contributed by atoms with Crippen molar-refractivity contribution in [1.82, 2.24) is 20.2 Å². The zero-order valence-corrected chi connectivity index (χ0v) is 18.7. The number of hydroxylamine groups is 1. The third-order valence-corrected chi connectivity index (χ3v) is 6.12. The topological polar surface area (TPSA) is 109 Å². The highest BCUT2D eigenvalue weighted by Gasteiger charge is 2.30. The molecule has 174 valence electrons. The predicted octanol–water partition coefficient (Wildman–Crippen LogP) is 3.33. The molecule has 2 amide bonds. The molecule has 9 heteroatoms. The number of aliphatic hydroxyl groups excluding tert-OH is 1. The van der Waals surface area contributed by atoms with Gasteiger partial charge in [0, 0.05) is 30.1 Å². The molecule has 3 N–H and O–H groups in total. The second-order valence-electron chi connectivity index (χ2n) is 7.89. The van der Waals surface area contributed by atoms with Gasteiger partial charge in [-0.15, -0.1) is 0 Å². The van der Waals surface area contributed by atoms with Gasteiger partial charge in [-0.25, -0.2) is 15.0 Å². The maximum atomic E-state index is 11.8. The monoisotopic (exact) mass is 452 g/mol. The first kappa shape index (κ1) is 22.6. The van der Waals surface area contributed by atoms with Crippen LogP contribution in [0, 0.1) is 0 Å². The molecule has 0 saturated carbocycles. The Hall–Kier alpha value is -3.56. The van der Waals surface area contributed by atoms with Crippen LogP contribution in [-0.4, -0.2) is 58.3 Å². The Morgan fingerprint density at radius 1 is 1.03 bits per heavy atom. The van der Waals surface area contributed by atoms with E-state index in [2.05, 4.69) is 0 Å². The molecule has 0 spiro atoms. The van der Waals surface area contributed by atoms with Gasteiger partial charge >= 0.3 is 6.03 Å². The molecule has 9 nitrogen and oxygen atoms in total. The van der Waals surface area contributed by atoms with Gasteiger partial charge in [-0.3, -0.25) is 5.21 Å². The van der Waals surface area contributed by atoms with E-state index in [1.165, 1.54) is 0 Å². The number of ether oxygens (including phenoxy) is 2. The van der Waals surface area contributed by atoms with Gasteiger partial charge in [-0.05, 0) is 61.4 Å². The number of carbonyl (C=O) groups is 1. The third-order valence-electron chi connectivity index (χ3n) is 6.12. The number of hydrogen-bond donors (Lipinski definition) is 3. The van der Waals surface area contributed by atoms with E-state index in [4.69, 9.17) is 19.8 Å². The van der Waals surface area contributed by atoms with Crippen LogP contribution in [0.4, 0.5) is 4.79 Å². The van der Waals surface area contributed by atoms with Crippen molar-refractivity contribution < 1.29 is 24.6 Å². The summed E-state index contributed by atoms with van der Waals surface area (Å²) in [6.45, 7) is 0.828. The van der Waals surface area contributed by atoms with Crippen LogP contribution in [0.1, 0.15) is 30.0 Å². The Morgan fingerprint density at radius 3 is 2.12 bits per heavy atom. The molecule has 0 aliphatic carbocycles. The second kappa shape index (κ2) is 9.93. The van der Waals surface area contributed by atoms with Gasteiger partial charge in [0.25, 0.3) is 0 Å². The third kappa shape index (κ3) is 4.50. The minimum absolute atomic E-state index is 0.0754. The molecular weight excluding hydrogens is 424 g/mol. The summed E-state index contributed by atoms with van der Waals surface area (Å²) >= 11 is 0. The number of amides is 2. The summed E-state index contributed by atoms with van der Waals surface area (Å²) in [5.74, 6) is 1.56. The molecule has 1 saturated heterocycles. The summed E-state index contributed by atoms with van der Waals surface area (Å²) < 4.78 is 12.4. The first-order chi connectivity index (χ1) is 16.1. The Morgan fingerprint density at radius 2 is 1.61 bits per heavy atom. The number of hydrogen-bond acceptors (Lipinski definition) is 6. The summed E-state index contributed by atoms with van der Waals surface area (Å²) in [6, 6.07) is 14.8. The lowest BCUT2D eigenvalue weighted by Crippen LogP contribution is -2.43. The van der Waals surface area contributed by atoms with Gasteiger partial charge in [-0.2, -0.15) is 5.10 Å². The Bertz CT molecular complexity index is 1090. The minimum atomic E-state index is -0.501. The van der Waals surface area contributed by atoms with Gasteiger partial charge < -0.3 is 19.5 Å². The lowest BCUT2D eigenvalue weighted by atomic mass is 9.90. The number of nitrogens with zero attached hydrogens (tertiary/aromatic N) is 3. The fourth-order valence-corrected chi connectivity index (χ4v) is 4.33. The molecule has 33 heavy (non-hydrogen) atoms. The summed E-state index contributed by atoms with van der Waals surface area (Å²) in [5.41, 5.74) is 5.85. The van der Waals surface area contributed by atoms with E-state index < -0.39 is 6.03 Å². The summed E-state index contributed by atoms with van der Waals surface area (Å²) in [6.07, 6.45) is 1.37. The normalized spacial score (nSPS) is 14.2. The highest BCUT2D eigenvalue weighted by Crippen LogP contribution is 2.37. The van der Waals surface area contributed by atoms with Crippen molar-refractivity contribution >= 4 is 6.03 Å². The average molecular weight is 453 g/mol. The smallest absolute Gasteiger partial charge is 0.341 e. The van der Waals surface area contributed by atoms with Crippen molar-refractivity contribution in [3.8, 4) is 28.4 Å². The van der Waals surface area contributed by atoms with E-state index in [1.807, 2.05) is 53.2 Å². The number of carbonyl (C=O) groups excluding carboxylic acids is 1. The van der Waals surface area contributed by atoms with Crippen molar-refractivity contribution in [1.29, 1.82) is 0 Å². The lowest BCUT2D eigenvalue weighted by Gasteiger charge is -2.30. The van der Waals surface area contributed by atoms with Crippen molar-refractivity contribution in [2.24, 2.45) is 0 Å². The number of likely N-dealkylation sites (tertiary alicyclic amines) is 1. The highest BCUT2D eigenvalue weighted by molar-refractivity contribution is 5.73. The van der Waals surface area contributed by atoms with Crippen LogP contribution in [0.3, 0.4) is 0 Å². The number of piperidine rings is 1. The van der Waals surface area contributed by atoms with Gasteiger partial charge in [0.2, 0.25) is 0 Å². The van der Waals surface area contributed by atoms with Gasteiger partial charge in [-0.1, -0.05) is 0 Å². The van der Waals surface area contributed by atoms with E-state index in [1.54, 1.807) is 24.6 Å². The van der Waals surface area contributed by atoms with Gasteiger partial charge in [0.05, 0.1) is 37.9 Å². The van der Waals surface area contributed by atoms with Crippen LogP contribution >= 0.6 is 0 Å². The quantitative estimate of drug-likeness (QED) is 0.391. The van der Waals surface area contributed by atoms with Gasteiger partial charge in [0.15, 0.2) is 0 Å². The summed E-state index contributed by atoms with van der Waals surface area (Å²) in [5, 5.41) is 24.3. The molecular formula is C24H28N4O5. The standard InChI is InChI=1S/C24H28N4O5/c1-32-19-7-3-17(4-8-19)23-21(15-29)22(16-11-13-27(14-12-16)24(30)26-31)25-28(23)18-5-9-20(33-2)10-6-18/h3-10,16,29,31H,11-15H2,1-2H3,(H,26,30). The average Bonchev–Trinajstić information content (AvgIpc) is 3.28. The summed E-state index contributed by atoms with van der Waals surface area (Å²) in [4.78, 5) is 13.3. The van der Waals surface area contributed by atoms with E-state index in [-0.39, 0.29) is 12.5 Å². The highest BCUT2D eigenvalue weighted by atomic mass is 16.5. The zero-order valence-electron chi connectivity index (χ0n) is 18.7. The van der Waals surface area contributed by atoms with E-state index in [0.29, 0.717) is 25.9 Å². The predicted molar refractivity (Wildman–Crippen MR) is 122 cm³/mol. The van der Waals surface area contributed by atoms with E-state index in [9.17, 15) is 9.90 Å². The van der Waals surface area contributed by atoms with Crippen LogP contribution in [0.2, 0.25) is 0 Å². The largest absolute Gasteiger partial charge is 0.497 e. The first-order valence-corrected chi connectivity index (χ1v) is 10.8. The van der Waals surface area contributed by atoms with Gasteiger partial charge in [0.1, 0.15) is 11.5 Å². The molecule has 1 aromatic heterocycles. The second-order valence-corrected chi connectivity index (χ2v) is 7.89. The summed E-state index contributed by atoms with van der Waals surface area (Å²) in [7, 11) is 3.24. The fraction of sp³-hybridized carbons (Fsp3) is 0.333. The number of methoxy groups -OCH3 is 2. The van der Waals surface area contributed by atoms with Crippen molar-refractivity contribution in [3.63, 3.8) is 0 Å². The number of rotatable bonds is 6. The van der Waals surface area contributed by atoms with Crippen LogP contribution in [0.15, 0.2) is 48.5 Å². The maximum absolute atomic E-state index is 11.8. The van der Waals surface area contributed by atoms with Crippen molar-refractivity contribution in [3.05, 3.63) is 59.8 Å². The Balaban J connectivity index is 1.77. The SMILES string of the molecule is COc1ccc(-c2c(CO)c(C3CCN(C(=O)NO)CC3)nn2-c2ccc(OC)cc2)cc1. The molecule has 4 rings (SSSR count). The molecule has 3 aromatic rings. The first-order valence-electron chi connectivity index (χ1n) is 10.8. The van der Waals surface area contributed by atoms with Crippen LogP contribution < -0.4 is 15.0 Å². The molecule has 1 fully saturated rings. The number of aromatic nitrogens is 2. The number of urea groups is 1. The van der Waals surface area contributed by atoms with Crippen molar-refractivity contribution in [2.75, 3.05) is 27.3 Å². The van der Waals surface area contributed by atoms with Crippen LogP contribution in [0.5, 0.6) is 11.5 Å². The van der Waals surface area contributed by atoms with E-state index >= 15 is 0 Å². The maximum Gasteiger partial charge on any atom is 0.341 e. The number of aliphatic hydroxyl groups is 1. The molecule has 0 atom stereocenters. The minimum Gasteiger partial charge on any atom is -0.497 e.